The molecule has 0 bridgehead atoms. The molecule has 2 rings (SSSR count). The van der Waals surface area contributed by atoms with Crippen LogP contribution in [0.5, 0.6) is 0 Å². The summed E-state index contributed by atoms with van der Waals surface area (Å²) < 4.78 is 0. The van der Waals surface area contributed by atoms with E-state index in [0.29, 0.717) is 6.54 Å². The number of hydrogen-bond donors (Lipinski definition) is 3. The fourth-order valence-electron chi connectivity index (χ4n) is 2.19. The highest BCUT2D eigenvalue weighted by Crippen LogP contribution is 2.23. The van der Waals surface area contributed by atoms with Gasteiger partial charge in [-0.2, -0.15) is 0 Å². The van der Waals surface area contributed by atoms with Crippen LogP contribution in [0.25, 0.3) is 0 Å². The second-order valence-corrected chi connectivity index (χ2v) is 5.36. The molecule has 1 heterocycles. The quantitative estimate of drug-likeness (QED) is 0.738. The van der Waals surface area contributed by atoms with Gasteiger partial charge in [-0.25, -0.2) is 0 Å². The van der Waals surface area contributed by atoms with Crippen LogP contribution in [-0.4, -0.2) is 16.9 Å². The fourth-order valence-corrected chi connectivity index (χ4v) is 2.77. The topological polar surface area (TPSA) is 88.0 Å². The predicted molar refractivity (Wildman–Crippen MR) is 66.7 cm³/mol. The number of thiazole rings is 1. The van der Waals surface area contributed by atoms with Gasteiger partial charge < -0.3 is 16.0 Å². The number of carbonyl (C=O) groups is 1. The molecule has 17 heavy (non-hydrogen) atoms. The molecule has 5 nitrogen and oxygen atoms in total. The third-order valence-corrected chi connectivity index (χ3v) is 3.83. The predicted octanol–water partition coefficient (Wildman–Crippen LogP) is 0.570. The van der Waals surface area contributed by atoms with E-state index >= 15 is 0 Å². The van der Waals surface area contributed by atoms with Crippen molar-refractivity contribution >= 4 is 17.2 Å². The van der Waals surface area contributed by atoms with Crippen molar-refractivity contribution in [1.82, 2.24) is 10.3 Å². The number of aromatic nitrogens is 1. The zero-order valence-electron chi connectivity index (χ0n) is 9.57. The Balaban J connectivity index is 1.82. The number of aromatic amines is 1. The van der Waals surface area contributed by atoms with Crippen LogP contribution < -0.4 is 15.9 Å². The highest BCUT2D eigenvalue weighted by molar-refractivity contribution is 7.07. The first-order chi connectivity index (χ1) is 8.15. The van der Waals surface area contributed by atoms with Crippen LogP contribution >= 0.6 is 11.3 Å². The second-order valence-electron chi connectivity index (χ2n) is 4.51. The Kier molecular flexibility index (Phi) is 3.96. The van der Waals surface area contributed by atoms with Crippen molar-refractivity contribution in [3.8, 4) is 0 Å². The minimum absolute atomic E-state index is 0.0316. The Labute approximate surface area is 103 Å². The Morgan fingerprint density at radius 2 is 2.41 bits per heavy atom. The largest absolute Gasteiger partial charge is 0.350 e. The van der Waals surface area contributed by atoms with Crippen molar-refractivity contribution in [3.63, 3.8) is 0 Å². The minimum Gasteiger partial charge on any atom is -0.350 e. The number of rotatable bonds is 3. The Hall–Kier alpha value is -1.14. The summed E-state index contributed by atoms with van der Waals surface area (Å²) in [6.07, 6.45) is 3.72. The zero-order chi connectivity index (χ0) is 12.3. The molecule has 1 saturated carbocycles. The van der Waals surface area contributed by atoms with Gasteiger partial charge in [-0.3, -0.25) is 9.59 Å². The summed E-state index contributed by atoms with van der Waals surface area (Å²) in [6, 6.07) is 0.153. The third kappa shape index (κ3) is 3.41. The van der Waals surface area contributed by atoms with Gasteiger partial charge in [0.05, 0.1) is 6.54 Å². The molecular formula is C11H17N3O2S. The van der Waals surface area contributed by atoms with Crippen LogP contribution in [0.1, 0.15) is 31.4 Å². The first-order valence-corrected chi connectivity index (χ1v) is 6.73. The van der Waals surface area contributed by atoms with Gasteiger partial charge in [0.15, 0.2) is 0 Å². The first kappa shape index (κ1) is 12.3. The third-order valence-electron chi connectivity index (χ3n) is 3.11. The molecule has 94 valence electrons. The Morgan fingerprint density at radius 3 is 3.06 bits per heavy atom. The van der Waals surface area contributed by atoms with Crippen LogP contribution in [0.2, 0.25) is 0 Å². The van der Waals surface area contributed by atoms with Gasteiger partial charge in [-0.1, -0.05) is 17.8 Å². The number of hydrogen-bond acceptors (Lipinski definition) is 4. The molecule has 1 aromatic heterocycles. The Bertz CT molecular complexity index is 440. The lowest BCUT2D eigenvalue weighted by molar-refractivity contribution is -0.126. The summed E-state index contributed by atoms with van der Waals surface area (Å²) in [5, 5.41) is 4.58. The van der Waals surface area contributed by atoms with Gasteiger partial charge in [0.25, 0.3) is 0 Å². The zero-order valence-corrected chi connectivity index (χ0v) is 10.4. The molecular weight excluding hydrogens is 238 g/mol. The molecule has 1 aliphatic rings. The van der Waals surface area contributed by atoms with Gasteiger partial charge in [0.1, 0.15) is 0 Å². The summed E-state index contributed by atoms with van der Waals surface area (Å²) >= 11 is 1.11. The van der Waals surface area contributed by atoms with E-state index in [2.05, 4.69) is 10.3 Å². The molecule has 0 saturated heterocycles. The molecule has 1 aliphatic carbocycles. The van der Waals surface area contributed by atoms with Crippen molar-refractivity contribution in [2.24, 2.45) is 11.7 Å². The van der Waals surface area contributed by atoms with E-state index < -0.39 is 0 Å². The van der Waals surface area contributed by atoms with Gasteiger partial charge >= 0.3 is 4.87 Å². The molecule has 6 heteroatoms. The number of nitrogens with two attached hydrogens (primary N) is 1. The van der Waals surface area contributed by atoms with Crippen LogP contribution in [0, 0.1) is 5.92 Å². The lowest BCUT2D eigenvalue weighted by atomic mass is 9.85. The highest BCUT2D eigenvalue weighted by atomic mass is 32.1. The standard InChI is InChI=1S/C11H17N3O2S/c12-8-3-1-2-7(4-8)10(15)13-5-9-6-17-11(16)14-9/h6-8H,1-5,12H2,(H,13,15)(H,14,16). The Morgan fingerprint density at radius 1 is 1.59 bits per heavy atom. The number of nitrogens with one attached hydrogen (secondary N) is 2. The van der Waals surface area contributed by atoms with E-state index in [1.165, 1.54) is 0 Å². The van der Waals surface area contributed by atoms with Crippen LogP contribution in [-0.2, 0) is 11.3 Å². The van der Waals surface area contributed by atoms with Crippen molar-refractivity contribution in [2.45, 2.75) is 38.3 Å². The average molecular weight is 255 g/mol. The number of carbonyl (C=O) groups excluding carboxylic acids is 1. The maximum atomic E-state index is 11.9. The van der Waals surface area contributed by atoms with Crippen molar-refractivity contribution in [3.05, 3.63) is 20.7 Å². The molecule has 0 aromatic carbocycles. The molecule has 1 amide bonds. The molecule has 2 unspecified atom stereocenters. The van der Waals surface area contributed by atoms with Gasteiger partial charge in [-0.05, 0) is 19.3 Å². The summed E-state index contributed by atoms with van der Waals surface area (Å²) in [5.41, 5.74) is 6.61. The maximum Gasteiger partial charge on any atom is 0.304 e. The molecule has 4 N–H and O–H groups in total. The van der Waals surface area contributed by atoms with Gasteiger partial charge in [0, 0.05) is 23.0 Å². The van der Waals surface area contributed by atoms with E-state index in [4.69, 9.17) is 5.73 Å². The summed E-state index contributed by atoms with van der Waals surface area (Å²) in [6.45, 7) is 0.392. The fraction of sp³-hybridized carbons (Fsp3) is 0.636. The summed E-state index contributed by atoms with van der Waals surface area (Å²) in [4.78, 5) is 25.4. The van der Waals surface area contributed by atoms with Crippen LogP contribution in [0.4, 0.5) is 0 Å². The molecule has 0 spiro atoms. The summed E-state index contributed by atoms with van der Waals surface area (Å²) in [7, 11) is 0. The van der Waals surface area contributed by atoms with Crippen LogP contribution in [0.15, 0.2) is 10.2 Å². The highest BCUT2D eigenvalue weighted by Gasteiger charge is 2.24. The minimum atomic E-state index is -0.0889. The maximum absolute atomic E-state index is 11.9. The van der Waals surface area contributed by atoms with E-state index in [-0.39, 0.29) is 22.7 Å². The summed E-state index contributed by atoms with van der Waals surface area (Å²) in [5.74, 6) is 0.0799. The van der Waals surface area contributed by atoms with E-state index in [0.717, 1.165) is 42.7 Å². The molecule has 0 aliphatic heterocycles. The van der Waals surface area contributed by atoms with Crippen LogP contribution in [0.3, 0.4) is 0 Å². The molecule has 2 atom stereocenters. The van der Waals surface area contributed by atoms with Crippen molar-refractivity contribution in [2.75, 3.05) is 0 Å². The van der Waals surface area contributed by atoms with E-state index in [9.17, 15) is 9.59 Å². The smallest absolute Gasteiger partial charge is 0.304 e. The number of amides is 1. The van der Waals surface area contributed by atoms with E-state index in [1.807, 2.05) is 0 Å². The second kappa shape index (κ2) is 5.46. The van der Waals surface area contributed by atoms with E-state index in [1.54, 1.807) is 5.38 Å². The SMILES string of the molecule is NC1CCCC(C(=O)NCc2csc(=O)[nH]2)C1. The lowest BCUT2D eigenvalue weighted by Crippen LogP contribution is -2.37. The molecule has 1 aromatic rings. The van der Waals surface area contributed by atoms with Crippen molar-refractivity contribution in [1.29, 1.82) is 0 Å². The van der Waals surface area contributed by atoms with Gasteiger partial charge in [0.2, 0.25) is 5.91 Å². The monoisotopic (exact) mass is 255 g/mol. The first-order valence-electron chi connectivity index (χ1n) is 5.85. The molecule has 1 fully saturated rings. The van der Waals surface area contributed by atoms with Gasteiger partial charge in [-0.15, -0.1) is 0 Å². The molecule has 0 radical (unpaired) electrons. The average Bonchev–Trinajstić information content (AvgIpc) is 2.72. The van der Waals surface area contributed by atoms with Crippen molar-refractivity contribution < 1.29 is 4.79 Å². The normalized spacial score (nSPS) is 24.5. The number of H-pyrrole nitrogens is 1. The lowest BCUT2D eigenvalue weighted by Gasteiger charge is -2.25.